The van der Waals surface area contributed by atoms with Crippen LogP contribution in [0.5, 0.6) is 0 Å². The van der Waals surface area contributed by atoms with Crippen LogP contribution in [0.4, 0.5) is 0 Å². The van der Waals surface area contributed by atoms with Crippen LogP contribution in [0.1, 0.15) is 37.3 Å². The number of hydrogen-bond donors (Lipinski definition) is 0. The molecule has 0 aromatic carbocycles. The van der Waals surface area contributed by atoms with Crippen LogP contribution in [0, 0.1) is 6.92 Å². The quantitative estimate of drug-likeness (QED) is 0.807. The highest BCUT2D eigenvalue weighted by atomic mass is 32.2. The van der Waals surface area contributed by atoms with Crippen LogP contribution in [0.25, 0.3) is 0 Å². The molecule has 0 spiro atoms. The van der Waals surface area contributed by atoms with Crippen molar-refractivity contribution in [2.24, 2.45) is 0 Å². The van der Waals surface area contributed by atoms with Gasteiger partial charge in [-0.2, -0.15) is 4.31 Å². The molecule has 1 saturated heterocycles. The summed E-state index contributed by atoms with van der Waals surface area (Å²) >= 11 is 0. The summed E-state index contributed by atoms with van der Waals surface area (Å²) < 4.78 is 30.4. The maximum absolute atomic E-state index is 11.9. The predicted octanol–water partition coefficient (Wildman–Crippen LogP) is 1.47. The molecule has 0 radical (unpaired) electrons. The normalized spacial score (nSPS) is 22.8. The van der Waals surface area contributed by atoms with E-state index in [1.54, 1.807) is 6.92 Å². The van der Waals surface area contributed by atoms with Gasteiger partial charge in [0.05, 0.1) is 17.5 Å². The van der Waals surface area contributed by atoms with Crippen molar-refractivity contribution in [3.05, 3.63) is 17.5 Å². The van der Waals surface area contributed by atoms with Gasteiger partial charge in [-0.15, -0.1) is 0 Å². The molecule has 1 fully saturated rings. The van der Waals surface area contributed by atoms with Gasteiger partial charge in [-0.05, 0) is 26.7 Å². The molecular weight excluding hydrogens is 228 g/mol. The zero-order chi connectivity index (χ0) is 11.8. The molecule has 2 heterocycles. The maximum atomic E-state index is 11.9. The second kappa shape index (κ2) is 4.18. The van der Waals surface area contributed by atoms with Crippen molar-refractivity contribution in [1.29, 1.82) is 0 Å². The maximum Gasteiger partial charge on any atom is 0.214 e. The Bertz CT molecular complexity index is 466. The van der Waals surface area contributed by atoms with Crippen LogP contribution in [0.3, 0.4) is 0 Å². The van der Waals surface area contributed by atoms with Crippen LogP contribution in [0.2, 0.25) is 0 Å². The minimum Gasteiger partial charge on any atom is -0.359 e. The summed E-state index contributed by atoms with van der Waals surface area (Å²) in [4.78, 5) is 0. The summed E-state index contributed by atoms with van der Waals surface area (Å²) in [5.41, 5.74) is 0.788. The Morgan fingerprint density at radius 3 is 2.94 bits per heavy atom. The van der Waals surface area contributed by atoms with E-state index in [2.05, 4.69) is 5.16 Å². The standard InChI is InChI=1S/C10H16N2O3S/c1-3-16(13,14)12-6-4-5-9(12)10-7-8(2)11-15-10/h7,9H,3-6H2,1-2H3. The second-order valence-electron chi connectivity index (χ2n) is 4.04. The topological polar surface area (TPSA) is 63.4 Å². The van der Waals surface area contributed by atoms with Gasteiger partial charge < -0.3 is 4.52 Å². The van der Waals surface area contributed by atoms with E-state index in [0.717, 1.165) is 18.5 Å². The summed E-state index contributed by atoms with van der Waals surface area (Å²) in [5, 5.41) is 3.81. The fourth-order valence-corrected chi connectivity index (χ4v) is 3.40. The molecule has 5 nitrogen and oxygen atoms in total. The van der Waals surface area contributed by atoms with E-state index in [9.17, 15) is 8.42 Å². The minimum atomic E-state index is -3.14. The highest BCUT2D eigenvalue weighted by Crippen LogP contribution is 2.34. The summed E-state index contributed by atoms with van der Waals surface area (Å²) in [6.45, 7) is 4.08. The molecule has 90 valence electrons. The molecular formula is C10H16N2O3S. The Morgan fingerprint density at radius 1 is 1.62 bits per heavy atom. The number of rotatable bonds is 3. The van der Waals surface area contributed by atoms with Crippen LogP contribution in [-0.2, 0) is 10.0 Å². The first-order chi connectivity index (χ1) is 7.54. The summed E-state index contributed by atoms with van der Waals surface area (Å²) in [6, 6.07) is 1.65. The molecule has 0 aliphatic carbocycles. The highest BCUT2D eigenvalue weighted by molar-refractivity contribution is 7.89. The van der Waals surface area contributed by atoms with Crippen molar-refractivity contribution < 1.29 is 12.9 Å². The Hall–Kier alpha value is -0.880. The summed E-state index contributed by atoms with van der Waals surface area (Å²) in [6.07, 6.45) is 1.69. The lowest BCUT2D eigenvalue weighted by molar-refractivity contribution is 0.297. The molecule has 1 unspecified atom stereocenters. The Balaban J connectivity index is 2.28. The lowest BCUT2D eigenvalue weighted by atomic mass is 10.2. The Labute approximate surface area is 95.5 Å². The minimum absolute atomic E-state index is 0.136. The van der Waals surface area contributed by atoms with Crippen molar-refractivity contribution >= 4 is 10.0 Å². The zero-order valence-corrected chi connectivity index (χ0v) is 10.3. The SMILES string of the molecule is CCS(=O)(=O)N1CCCC1c1cc(C)no1. The van der Waals surface area contributed by atoms with Gasteiger partial charge in [0.25, 0.3) is 0 Å². The zero-order valence-electron chi connectivity index (χ0n) is 9.51. The van der Waals surface area contributed by atoms with Crippen LogP contribution in [0.15, 0.2) is 10.6 Å². The average molecular weight is 244 g/mol. The third-order valence-electron chi connectivity index (χ3n) is 2.90. The van der Waals surface area contributed by atoms with E-state index in [1.165, 1.54) is 4.31 Å². The largest absolute Gasteiger partial charge is 0.359 e. The fraction of sp³-hybridized carbons (Fsp3) is 0.700. The van der Waals surface area contributed by atoms with E-state index in [4.69, 9.17) is 4.52 Å². The molecule has 2 rings (SSSR count). The van der Waals surface area contributed by atoms with Gasteiger partial charge in [-0.1, -0.05) is 5.16 Å². The molecule has 0 bridgehead atoms. The molecule has 0 saturated carbocycles. The van der Waals surface area contributed by atoms with Crippen LogP contribution < -0.4 is 0 Å². The van der Waals surface area contributed by atoms with Crippen molar-refractivity contribution in [3.8, 4) is 0 Å². The van der Waals surface area contributed by atoms with Gasteiger partial charge in [0.1, 0.15) is 0 Å². The van der Waals surface area contributed by atoms with Crippen molar-refractivity contribution in [3.63, 3.8) is 0 Å². The van der Waals surface area contributed by atoms with Gasteiger partial charge in [0.2, 0.25) is 10.0 Å². The lowest BCUT2D eigenvalue weighted by Gasteiger charge is -2.20. The number of hydrogen-bond acceptors (Lipinski definition) is 4. The first kappa shape index (κ1) is 11.6. The van der Waals surface area contributed by atoms with Crippen molar-refractivity contribution in [2.75, 3.05) is 12.3 Å². The number of aryl methyl sites for hydroxylation is 1. The molecule has 1 aliphatic rings. The predicted molar refractivity (Wildman–Crippen MR) is 59.4 cm³/mol. The number of sulfonamides is 1. The summed E-state index contributed by atoms with van der Waals surface area (Å²) in [7, 11) is -3.14. The van der Waals surface area contributed by atoms with Gasteiger partial charge in [0, 0.05) is 12.6 Å². The average Bonchev–Trinajstić information content (AvgIpc) is 2.85. The smallest absolute Gasteiger partial charge is 0.214 e. The molecule has 1 aromatic rings. The fourth-order valence-electron chi connectivity index (χ4n) is 2.06. The number of nitrogens with zero attached hydrogens (tertiary/aromatic N) is 2. The molecule has 16 heavy (non-hydrogen) atoms. The van der Waals surface area contributed by atoms with Crippen molar-refractivity contribution in [1.82, 2.24) is 9.46 Å². The number of aromatic nitrogens is 1. The van der Waals surface area contributed by atoms with E-state index in [1.807, 2.05) is 13.0 Å². The molecule has 0 N–H and O–H groups in total. The summed E-state index contributed by atoms with van der Waals surface area (Å²) in [5.74, 6) is 0.795. The third-order valence-corrected chi connectivity index (χ3v) is 4.78. The Kier molecular flexibility index (Phi) is 3.03. The van der Waals surface area contributed by atoms with Gasteiger partial charge in [-0.25, -0.2) is 8.42 Å². The third kappa shape index (κ3) is 1.99. The molecule has 0 amide bonds. The lowest BCUT2D eigenvalue weighted by Crippen LogP contribution is -2.31. The van der Waals surface area contributed by atoms with Gasteiger partial charge >= 0.3 is 0 Å². The van der Waals surface area contributed by atoms with E-state index in [-0.39, 0.29) is 11.8 Å². The first-order valence-electron chi connectivity index (χ1n) is 5.47. The Morgan fingerprint density at radius 2 is 2.38 bits per heavy atom. The van der Waals surface area contributed by atoms with Crippen molar-refractivity contribution in [2.45, 2.75) is 32.7 Å². The van der Waals surface area contributed by atoms with E-state index in [0.29, 0.717) is 12.3 Å². The molecule has 1 atom stereocenters. The molecule has 1 aromatic heterocycles. The second-order valence-corrected chi connectivity index (χ2v) is 6.25. The van der Waals surface area contributed by atoms with E-state index >= 15 is 0 Å². The van der Waals surface area contributed by atoms with Crippen LogP contribution >= 0.6 is 0 Å². The van der Waals surface area contributed by atoms with Gasteiger partial charge in [0.15, 0.2) is 5.76 Å². The van der Waals surface area contributed by atoms with Crippen LogP contribution in [-0.4, -0.2) is 30.2 Å². The monoisotopic (exact) mass is 244 g/mol. The molecule has 6 heteroatoms. The molecule has 1 aliphatic heterocycles. The van der Waals surface area contributed by atoms with Gasteiger partial charge in [-0.3, -0.25) is 0 Å². The first-order valence-corrected chi connectivity index (χ1v) is 7.08. The van der Waals surface area contributed by atoms with E-state index < -0.39 is 10.0 Å². The highest BCUT2D eigenvalue weighted by Gasteiger charge is 2.36.